The van der Waals surface area contributed by atoms with E-state index in [1.165, 1.54) is 26.2 Å². The number of ether oxygens (including phenoxy) is 1. The van der Waals surface area contributed by atoms with Gasteiger partial charge in [-0.25, -0.2) is 8.78 Å². The smallest absolute Gasteiger partial charge is 0.322 e. The van der Waals surface area contributed by atoms with Gasteiger partial charge in [0.15, 0.2) is 0 Å². The third-order valence-corrected chi connectivity index (χ3v) is 5.70. The molecule has 5 N–H and O–H groups in total. The van der Waals surface area contributed by atoms with Crippen LogP contribution in [0.2, 0.25) is 0 Å². The minimum Gasteiger partial charge on any atom is -0.480 e. The van der Waals surface area contributed by atoms with E-state index < -0.39 is 35.9 Å². The fourth-order valence-corrected chi connectivity index (χ4v) is 3.61. The number of unbranched alkanes of at least 4 members (excludes halogenated alkanes) is 4. The zero-order chi connectivity index (χ0) is 23.4. The molecule has 0 aromatic rings. The number of rotatable bonds is 17. The molecule has 0 aromatic heterocycles. The molecular formula is C22H42F2N2O4. The molecule has 0 heterocycles. The average molecular weight is 437 g/mol. The first kappa shape index (κ1) is 28.7. The molecule has 0 aliphatic heterocycles. The van der Waals surface area contributed by atoms with Crippen molar-refractivity contribution in [3.05, 3.63) is 0 Å². The Kier molecular flexibility index (Phi) is 13.3. The van der Waals surface area contributed by atoms with E-state index in [1.54, 1.807) is 0 Å². The van der Waals surface area contributed by atoms with E-state index in [2.05, 4.69) is 20.8 Å². The van der Waals surface area contributed by atoms with Gasteiger partial charge in [0.25, 0.3) is 0 Å². The van der Waals surface area contributed by atoms with Crippen molar-refractivity contribution in [1.82, 2.24) is 0 Å². The van der Waals surface area contributed by atoms with Crippen molar-refractivity contribution in [1.29, 1.82) is 0 Å². The SMILES string of the molecule is CCCCCCC(C)(C)CC(N)C(=O)OCCCCC(C)(CC(N)C(=O)O)C(F)F. The van der Waals surface area contributed by atoms with Crippen LogP contribution in [0, 0.1) is 10.8 Å². The van der Waals surface area contributed by atoms with Gasteiger partial charge in [0.1, 0.15) is 12.1 Å². The normalized spacial score (nSPS) is 16.2. The third kappa shape index (κ3) is 11.8. The molecular weight excluding hydrogens is 394 g/mol. The molecule has 0 aliphatic rings. The Morgan fingerprint density at radius 3 is 2.07 bits per heavy atom. The minimum absolute atomic E-state index is 0.0475. The summed E-state index contributed by atoms with van der Waals surface area (Å²) in [5, 5.41) is 8.86. The Hall–Kier alpha value is -1.28. The maximum atomic E-state index is 13.4. The number of carboxylic acids is 1. The number of carbonyl (C=O) groups is 2. The van der Waals surface area contributed by atoms with Crippen LogP contribution in [-0.2, 0) is 14.3 Å². The fourth-order valence-electron chi connectivity index (χ4n) is 3.61. The molecule has 0 amide bonds. The van der Waals surface area contributed by atoms with Gasteiger partial charge in [-0.1, -0.05) is 53.4 Å². The zero-order valence-corrected chi connectivity index (χ0v) is 19.1. The first-order chi connectivity index (χ1) is 13.8. The Labute approximate surface area is 180 Å². The van der Waals surface area contributed by atoms with Crippen LogP contribution in [0.1, 0.15) is 91.9 Å². The Bertz CT molecular complexity index is 517. The molecule has 6 nitrogen and oxygen atoms in total. The van der Waals surface area contributed by atoms with Gasteiger partial charge in [-0.05, 0) is 43.9 Å². The van der Waals surface area contributed by atoms with Gasteiger partial charge in [-0.3, -0.25) is 9.59 Å². The summed E-state index contributed by atoms with van der Waals surface area (Å²) in [5.74, 6) is -1.76. The van der Waals surface area contributed by atoms with E-state index in [-0.39, 0.29) is 24.9 Å². The highest BCUT2D eigenvalue weighted by molar-refractivity contribution is 5.75. The van der Waals surface area contributed by atoms with Crippen molar-refractivity contribution < 1.29 is 28.2 Å². The lowest BCUT2D eigenvalue weighted by atomic mass is 9.79. The standard InChI is InChI=1S/C22H42F2N2O4/c1-5-6-7-8-11-21(2,3)14-17(26)19(29)30-13-10-9-12-22(4,20(23)24)15-16(25)18(27)28/h16-17,20H,5-15,25-26H2,1-4H3,(H,27,28). The van der Waals surface area contributed by atoms with E-state index in [4.69, 9.17) is 21.3 Å². The zero-order valence-electron chi connectivity index (χ0n) is 19.1. The lowest BCUT2D eigenvalue weighted by Crippen LogP contribution is -2.39. The largest absolute Gasteiger partial charge is 0.480 e. The first-order valence-corrected chi connectivity index (χ1v) is 11.0. The van der Waals surface area contributed by atoms with Crippen LogP contribution >= 0.6 is 0 Å². The predicted molar refractivity (Wildman–Crippen MR) is 114 cm³/mol. The van der Waals surface area contributed by atoms with E-state index in [9.17, 15) is 18.4 Å². The van der Waals surface area contributed by atoms with Crippen LogP contribution < -0.4 is 11.5 Å². The maximum Gasteiger partial charge on any atom is 0.322 e. The van der Waals surface area contributed by atoms with Crippen LogP contribution in [0.5, 0.6) is 0 Å². The van der Waals surface area contributed by atoms with E-state index in [0.717, 1.165) is 12.8 Å². The van der Waals surface area contributed by atoms with Crippen molar-refractivity contribution in [3.8, 4) is 0 Å². The molecule has 0 saturated heterocycles. The highest BCUT2D eigenvalue weighted by Crippen LogP contribution is 2.36. The first-order valence-electron chi connectivity index (χ1n) is 11.0. The van der Waals surface area contributed by atoms with Crippen LogP contribution in [0.15, 0.2) is 0 Å². The quantitative estimate of drug-likeness (QED) is 0.229. The highest BCUT2D eigenvalue weighted by atomic mass is 19.3. The molecule has 0 saturated carbocycles. The summed E-state index contributed by atoms with van der Waals surface area (Å²) < 4.78 is 32.0. The molecule has 0 radical (unpaired) electrons. The lowest BCUT2D eigenvalue weighted by Gasteiger charge is -2.30. The number of carbonyl (C=O) groups excluding carboxylic acids is 1. The van der Waals surface area contributed by atoms with Crippen molar-refractivity contribution in [2.24, 2.45) is 22.3 Å². The minimum atomic E-state index is -2.68. The number of esters is 1. The molecule has 0 aromatic carbocycles. The van der Waals surface area contributed by atoms with Gasteiger partial charge in [0.2, 0.25) is 6.43 Å². The van der Waals surface area contributed by atoms with Gasteiger partial charge in [-0.15, -0.1) is 0 Å². The van der Waals surface area contributed by atoms with Crippen LogP contribution in [0.3, 0.4) is 0 Å². The Morgan fingerprint density at radius 2 is 1.53 bits per heavy atom. The molecule has 0 spiro atoms. The average Bonchev–Trinajstić information content (AvgIpc) is 2.64. The topological polar surface area (TPSA) is 116 Å². The summed E-state index contributed by atoms with van der Waals surface area (Å²) in [4.78, 5) is 23.0. The summed E-state index contributed by atoms with van der Waals surface area (Å²) in [6.07, 6.45) is 4.09. The summed E-state index contributed by atoms with van der Waals surface area (Å²) >= 11 is 0. The summed E-state index contributed by atoms with van der Waals surface area (Å²) in [6.45, 7) is 7.80. The van der Waals surface area contributed by atoms with Crippen LogP contribution in [0.4, 0.5) is 8.78 Å². The number of hydrogen-bond donors (Lipinski definition) is 3. The predicted octanol–water partition coefficient (Wildman–Crippen LogP) is 4.49. The molecule has 30 heavy (non-hydrogen) atoms. The van der Waals surface area contributed by atoms with Crippen LogP contribution in [0.25, 0.3) is 0 Å². The molecule has 0 aliphatic carbocycles. The van der Waals surface area contributed by atoms with Crippen molar-refractivity contribution in [3.63, 3.8) is 0 Å². The fraction of sp³-hybridized carbons (Fsp3) is 0.909. The lowest BCUT2D eigenvalue weighted by molar-refractivity contribution is -0.146. The van der Waals surface area contributed by atoms with Crippen molar-refractivity contribution >= 4 is 11.9 Å². The van der Waals surface area contributed by atoms with Crippen molar-refractivity contribution in [2.75, 3.05) is 6.61 Å². The number of carboxylic acid groups (broad SMARTS) is 1. The monoisotopic (exact) mass is 436 g/mol. The second-order valence-electron chi connectivity index (χ2n) is 9.51. The highest BCUT2D eigenvalue weighted by Gasteiger charge is 2.37. The van der Waals surface area contributed by atoms with Crippen molar-refractivity contribution in [2.45, 2.75) is 110 Å². The molecule has 0 fully saturated rings. The van der Waals surface area contributed by atoms with E-state index in [0.29, 0.717) is 19.3 Å². The Morgan fingerprint density at radius 1 is 0.933 bits per heavy atom. The van der Waals surface area contributed by atoms with Gasteiger partial charge >= 0.3 is 11.9 Å². The molecule has 3 atom stereocenters. The number of alkyl halides is 2. The van der Waals surface area contributed by atoms with E-state index in [1.807, 2.05) is 0 Å². The second-order valence-corrected chi connectivity index (χ2v) is 9.51. The maximum absolute atomic E-state index is 13.4. The van der Waals surface area contributed by atoms with E-state index >= 15 is 0 Å². The number of hydrogen-bond acceptors (Lipinski definition) is 5. The number of nitrogens with two attached hydrogens (primary N) is 2. The third-order valence-electron chi connectivity index (χ3n) is 5.70. The molecule has 8 heteroatoms. The molecule has 0 rings (SSSR count). The van der Waals surface area contributed by atoms with Gasteiger partial charge in [-0.2, -0.15) is 0 Å². The summed E-state index contributed by atoms with van der Waals surface area (Å²) in [6, 6.07) is -2.03. The Balaban J connectivity index is 4.29. The summed E-state index contributed by atoms with van der Waals surface area (Å²) in [7, 11) is 0. The number of aliphatic carboxylic acids is 1. The molecule has 178 valence electrons. The van der Waals surface area contributed by atoms with Crippen LogP contribution in [-0.4, -0.2) is 42.2 Å². The van der Waals surface area contributed by atoms with Gasteiger partial charge in [0, 0.05) is 5.41 Å². The summed E-state index contributed by atoms with van der Waals surface area (Å²) in [5.41, 5.74) is 9.89. The number of halogens is 2. The van der Waals surface area contributed by atoms with Gasteiger partial charge in [0.05, 0.1) is 6.61 Å². The molecule has 3 unspecified atom stereocenters. The molecule has 0 bridgehead atoms. The second kappa shape index (κ2) is 13.9. The van der Waals surface area contributed by atoms with Gasteiger partial charge < -0.3 is 21.3 Å².